The molecule has 40 heavy (non-hydrogen) atoms. The molecule has 9 nitrogen and oxygen atoms in total. The number of thiazole rings is 1. The van der Waals surface area contributed by atoms with Crippen molar-refractivity contribution in [3.05, 3.63) is 87.5 Å². The van der Waals surface area contributed by atoms with Crippen molar-refractivity contribution < 1.29 is 26.8 Å². The Bertz CT molecular complexity index is 1670. The summed E-state index contributed by atoms with van der Waals surface area (Å²) in [6, 6.07) is 17.8. The molecule has 0 bridgehead atoms. The number of methoxy groups -OCH3 is 3. The maximum absolute atomic E-state index is 13.0. The number of aromatic nitrogens is 1. The van der Waals surface area contributed by atoms with Crippen LogP contribution in [0, 0.1) is 13.8 Å². The Balaban J connectivity index is 1.67. The summed E-state index contributed by atoms with van der Waals surface area (Å²) < 4.78 is 49.2. The second kappa shape index (κ2) is 12.9. The molecule has 0 radical (unpaired) electrons. The van der Waals surface area contributed by atoms with Crippen molar-refractivity contribution in [2.24, 2.45) is 10.1 Å². The fourth-order valence-electron chi connectivity index (χ4n) is 3.81. The van der Waals surface area contributed by atoms with Gasteiger partial charge in [0.25, 0.3) is 0 Å². The van der Waals surface area contributed by atoms with Gasteiger partial charge in [-0.2, -0.15) is 13.5 Å². The van der Waals surface area contributed by atoms with Crippen LogP contribution >= 0.6 is 11.3 Å². The molecule has 0 fully saturated rings. The van der Waals surface area contributed by atoms with Crippen molar-refractivity contribution in [1.29, 1.82) is 0 Å². The molecule has 1 heterocycles. The van der Waals surface area contributed by atoms with E-state index in [1.165, 1.54) is 18.4 Å². The quantitative estimate of drug-likeness (QED) is 0.140. The molecule has 4 aromatic rings. The topological polar surface area (TPSA) is 101 Å². The maximum Gasteiger partial charge on any atom is 0.339 e. The minimum Gasteiger partial charge on any atom is -0.497 e. The standard InChI is InChI=1S/C29H31N3O6S2/c1-20-6-7-21(2)28(16-20)40(33,34)38-26-13-8-22(17-27(26)37-5)18-31-32-25(19-39-29(32)30-14-15-35-3)23-9-11-24(36-4)12-10-23/h6-13,16-19H,14-15H2,1-5H3/b30-29?,31-18+. The Labute approximate surface area is 238 Å². The largest absolute Gasteiger partial charge is 0.497 e. The highest BCUT2D eigenvalue weighted by atomic mass is 32.2. The van der Waals surface area contributed by atoms with Gasteiger partial charge in [-0.05, 0) is 79.1 Å². The summed E-state index contributed by atoms with van der Waals surface area (Å²) in [5.74, 6) is 1.10. The van der Waals surface area contributed by atoms with Crippen LogP contribution in [0.15, 0.2) is 81.0 Å². The minimum absolute atomic E-state index is 0.0814. The average molecular weight is 582 g/mol. The zero-order valence-electron chi connectivity index (χ0n) is 23.0. The second-order valence-electron chi connectivity index (χ2n) is 8.78. The Hall–Kier alpha value is -3.93. The molecule has 0 saturated heterocycles. The number of ether oxygens (including phenoxy) is 3. The Morgan fingerprint density at radius 2 is 1.70 bits per heavy atom. The summed E-state index contributed by atoms with van der Waals surface area (Å²) in [6.07, 6.45) is 1.65. The molecule has 11 heteroatoms. The molecule has 4 rings (SSSR count). The van der Waals surface area contributed by atoms with E-state index in [4.69, 9.17) is 23.5 Å². The van der Waals surface area contributed by atoms with Crippen LogP contribution in [0.1, 0.15) is 16.7 Å². The molecule has 210 valence electrons. The highest BCUT2D eigenvalue weighted by molar-refractivity contribution is 7.87. The number of nitrogens with zero attached hydrogens (tertiary/aromatic N) is 3. The van der Waals surface area contributed by atoms with E-state index in [9.17, 15) is 8.42 Å². The first-order valence-electron chi connectivity index (χ1n) is 12.3. The van der Waals surface area contributed by atoms with Gasteiger partial charge in [-0.15, -0.1) is 11.3 Å². The molecule has 0 N–H and O–H groups in total. The van der Waals surface area contributed by atoms with Crippen molar-refractivity contribution in [2.75, 3.05) is 34.5 Å². The lowest BCUT2D eigenvalue weighted by Crippen LogP contribution is -2.14. The fourth-order valence-corrected chi connectivity index (χ4v) is 5.93. The molecular weight excluding hydrogens is 550 g/mol. The van der Waals surface area contributed by atoms with Crippen molar-refractivity contribution in [3.8, 4) is 28.5 Å². The molecule has 0 saturated carbocycles. The lowest BCUT2D eigenvalue weighted by atomic mass is 10.2. The zero-order chi connectivity index (χ0) is 28.7. The van der Waals surface area contributed by atoms with Crippen molar-refractivity contribution in [3.63, 3.8) is 0 Å². The summed E-state index contributed by atoms with van der Waals surface area (Å²) in [6.45, 7) is 4.53. The Morgan fingerprint density at radius 3 is 2.40 bits per heavy atom. The van der Waals surface area contributed by atoms with E-state index in [0.717, 1.165) is 22.6 Å². The Kier molecular flexibility index (Phi) is 9.41. The number of rotatable bonds is 11. The van der Waals surface area contributed by atoms with Gasteiger partial charge in [0.05, 0.1) is 39.3 Å². The van der Waals surface area contributed by atoms with Crippen LogP contribution in [0.3, 0.4) is 0 Å². The van der Waals surface area contributed by atoms with Gasteiger partial charge in [-0.1, -0.05) is 12.1 Å². The smallest absolute Gasteiger partial charge is 0.339 e. The number of benzene rings is 3. The maximum atomic E-state index is 13.0. The lowest BCUT2D eigenvalue weighted by molar-refractivity contribution is 0.207. The number of hydrogen-bond acceptors (Lipinski definition) is 9. The molecule has 3 aromatic carbocycles. The zero-order valence-corrected chi connectivity index (χ0v) is 24.6. The third kappa shape index (κ3) is 6.79. The number of aryl methyl sites for hydroxylation is 2. The van der Waals surface area contributed by atoms with Crippen LogP contribution in [-0.4, -0.2) is 53.8 Å². The first-order valence-corrected chi connectivity index (χ1v) is 14.6. The van der Waals surface area contributed by atoms with E-state index >= 15 is 0 Å². The van der Waals surface area contributed by atoms with Gasteiger partial charge in [-0.25, -0.2) is 4.68 Å². The van der Waals surface area contributed by atoms with Crippen molar-refractivity contribution >= 4 is 27.7 Å². The molecule has 0 atom stereocenters. The van der Waals surface area contributed by atoms with Gasteiger partial charge >= 0.3 is 10.1 Å². The van der Waals surface area contributed by atoms with Gasteiger partial charge in [0.1, 0.15) is 10.6 Å². The van der Waals surface area contributed by atoms with Crippen LogP contribution in [0.25, 0.3) is 11.3 Å². The average Bonchev–Trinajstić information content (AvgIpc) is 3.36. The molecule has 0 aliphatic rings. The monoisotopic (exact) mass is 581 g/mol. The van der Waals surface area contributed by atoms with E-state index in [-0.39, 0.29) is 16.4 Å². The molecule has 0 unspecified atom stereocenters. The summed E-state index contributed by atoms with van der Waals surface area (Å²) >= 11 is 1.47. The molecule has 1 aromatic heterocycles. The summed E-state index contributed by atoms with van der Waals surface area (Å²) in [7, 11) is 0.646. The summed E-state index contributed by atoms with van der Waals surface area (Å²) in [5, 5.41) is 6.69. The van der Waals surface area contributed by atoms with Crippen LogP contribution in [-0.2, 0) is 14.9 Å². The minimum atomic E-state index is -4.07. The van der Waals surface area contributed by atoms with Crippen LogP contribution < -0.4 is 18.5 Å². The van der Waals surface area contributed by atoms with Crippen molar-refractivity contribution in [1.82, 2.24) is 4.68 Å². The van der Waals surface area contributed by atoms with E-state index in [1.807, 2.05) is 42.6 Å². The normalized spacial score (nSPS) is 12.2. The van der Waals surface area contributed by atoms with E-state index in [2.05, 4.69) is 4.99 Å². The van der Waals surface area contributed by atoms with Gasteiger partial charge < -0.3 is 18.4 Å². The summed E-state index contributed by atoms with van der Waals surface area (Å²) in [4.78, 5) is 5.44. The second-order valence-corrected chi connectivity index (χ2v) is 11.1. The predicted molar refractivity (Wildman–Crippen MR) is 156 cm³/mol. The third-order valence-corrected chi connectivity index (χ3v) is 8.17. The van der Waals surface area contributed by atoms with Crippen LogP contribution in [0.5, 0.6) is 17.2 Å². The third-order valence-electron chi connectivity index (χ3n) is 5.94. The Morgan fingerprint density at radius 1 is 0.925 bits per heavy atom. The molecule has 0 aliphatic heterocycles. The SMILES string of the molecule is COCCN=c1scc(-c2ccc(OC)cc2)n1/N=C/c1ccc(OS(=O)(=O)c2cc(C)ccc2C)c(OC)c1. The number of hydrogen-bond donors (Lipinski definition) is 0. The molecule has 0 aliphatic carbocycles. The van der Waals surface area contributed by atoms with Gasteiger partial charge in [0.2, 0.25) is 4.80 Å². The first-order chi connectivity index (χ1) is 19.2. The predicted octanol–water partition coefficient (Wildman–Crippen LogP) is 5.05. The first kappa shape index (κ1) is 29.1. The molecular formula is C29H31N3O6S2. The lowest BCUT2D eigenvalue weighted by Gasteiger charge is -2.13. The molecule has 0 spiro atoms. The van der Waals surface area contributed by atoms with E-state index < -0.39 is 10.1 Å². The van der Waals surface area contributed by atoms with Gasteiger partial charge in [-0.3, -0.25) is 4.99 Å². The fraction of sp³-hybridized carbons (Fsp3) is 0.241. The van der Waals surface area contributed by atoms with Gasteiger partial charge in [0, 0.05) is 18.1 Å². The van der Waals surface area contributed by atoms with Crippen LogP contribution in [0.2, 0.25) is 0 Å². The van der Waals surface area contributed by atoms with Gasteiger partial charge in [0.15, 0.2) is 11.5 Å². The summed E-state index contributed by atoms with van der Waals surface area (Å²) in [5.41, 5.74) is 3.89. The van der Waals surface area contributed by atoms with Crippen molar-refractivity contribution in [2.45, 2.75) is 18.7 Å². The van der Waals surface area contributed by atoms with Crippen LogP contribution in [0.4, 0.5) is 0 Å². The highest BCUT2D eigenvalue weighted by Gasteiger charge is 2.21. The highest BCUT2D eigenvalue weighted by Crippen LogP contribution is 2.31. The molecule has 0 amide bonds. The van der Waals surface area contributed by atoms with E-state index in [1.54, 1.807) is 62.4 Å². The van der Waals surface area contributed by atoms with E-state index in [0.29, 0.717) is 29.1 Å².